The van der Waals surface area contributed by atoms with Crippen molar-refractivity contribution in [3.05, 3.63) is 5.82 Å². The van der Waals surface area contributed by atoms with E-state index in [2.05, 4.69) is 51.8 Å². The monoisotopic (exact) mass is 313 g/mol. The Hall–Kier alpha value is -1.22. The van der Waals surface area contributed by atoms with Gasteiger partial charge in [0.15, 0.2) is 10.2 Å². The first-order chi connectivity index (χ1) is 9.69. The summed E-state index contributed by atoms with van der Waals surface area (Å²) in [6.45, 7) is 7.19. The zero-order valence-electron chi connectivity index (χ0n) is 11.9. The summed E-state index contributed by atoms with van der Waals surface area (Å²) < 4.78 is 2.79. The summed E-state index contributed by atoms with van der Waals surface area (Å²) in [6, 6.07) is 0.363. The van der Waals surface area contributed by atoms with Crippen LogP contribution in [-0.2, 0) is 12.3 Å². The fourth-order valence-electron chi connectivity index (χ4n) is 1.51. The van der Waals surface area contributed by atoms with Crippen molar-refractivity contribution >= 4 is 28.2 Å². The number of rotatable bonds is 8. The van der Waals surface area contributed by atoms with Gasteiger partial charge >= 0.3 is 0 Å². The lowest BCUT2D eigenvalue weighted by Gasteiger charge is -2.03. The summed E-state index contributed by atoms with van der Waals surface area (Å²) in [6.07, 6.45) is 2.22. The molecule has 0 aliphatic rings. The van der Waals surface area contributed by atoms with Gasteiger partial charge in [-0.25, -0.2) is 4.68 Å². The summed E-state index contributed by atoms with van der Waals surface area (Å²) in [7, 11) is 0. The van der Waals surface area contributed by atoms with Gasteiger partial charge in [0.05, 0.1) is 5.75 Å². The maximum absolute atomic E-state index is 4.15. The van der Waals surface area contributed by atoms with E-state index in [4.69, 9.17) is 0 Å². The van der Waals surface area contributed by atoms with Crippen LogP contribution in [0, 0.1) is 0 Å². The first-order valence-electron chi connectivity index (χ1n) is 6.67. The maximum Gasteiger partial charge on any atom is 0.206 e. The predicted molar refractivity (Wildman–Crippen MR) is 81.0 cm³/mol. The third-order valence-corrected chi connectivity index (χ3v) is 4.46. The van der Waals surface area contributed by atoms with Gasteiger partial charge in [0.1, 0.15) is 0 Å². The first kappa shape index (κ1) is 15.2. The molecule has 0 aliphatic carbocycles. The second-order valence-electron chi connectivity index (χ2n) is 4.63. The van der Waals surface area contributed by atoms with Crippen molar-refractivity contribution in [2.24, 2.45) is 0 Å². The Kier molecular flexibility index (Phi) is 5.72. The third-order valence-electron chi connectivity index (χ3n) is 2.47. The average molecular weight is 313 g/mol. The van der Waals surface area contributed by atoms with Crippen LogP contribution in [-0.4, -0.2) is 36.4 Å². The largest absolute Gasteiger partial charge is 0.358 e. The van der Waals surface area contributed by atoms with Crippen LogP contribution in [0.2, 0.25) is 0 Å². The predicted octanol–water partition coefficient (Wildman–Crippen LogP) is 2.44. The van der Waals surface area contributed by atoms with E-state index in [0.29, 0.717) is 11.8 Å². The van der Waals surface area contributed by atoms with Crippen molar-refractivity contribution in [1.29, 1.82) is 0 Å². The quantitative estimate of drug-likeness (QED) is 0.749. The second kappa shape index (κ2) is 7.53. The molecular weight excluding hydrogens is 294 g/mol. The van der Waals surface area contributed by atoms with Gasteiger partial charge in [-0.1, -0.05) is 36.4 Å². The number of nitrogens with zero attached hydrogens (tertiary/aromatic N) is 6. The zero-order chi connectivity index (χ0) is 14.4. The average Bonchev–Trinajstić information content (AvgIpc) is 3.02. The molecule has 7 nitrogen and oxygen atoms in total. The highest BCUT2D eigenvalue weighted by Gasteiger charge is 2.10. The number of anilines is 1. The topological polar surface area (TPSA) is 81.4 Å². The number of thioether (sulfide) groups is 1. The lowest BCUT2D eigenvalue weighted by atomic mass is 10.3. The fourth-order valence-corrected chi connectivity index (χ4v) is 3.34. The molecule has 0 bridgehead atoms. The maximum atomic E-state index is 4.15. The molecular formula is C11H19N7S2. The van der Waals surface area contributed by atoms with Crippen molar-refractivity contribution < 1.29 is 0 Å². The van der Waals surface area contributed by atoms with Crippen molar-refractivity contribution in [3.8, 4) is 0 Å². The van der Waals surface area contributed by atoms with Crippen LogP contribution in [0.1, 0.15) is 39.4 Å². The lowest BCUT2D eigenvalue weighted by molar-refractivity contribution is 0.540. The Bertz CT molecular complexity index is 522. The molecule has 0 aromatic carbocycles. The molecule has 0 fully saturated rings. The SMILES string of the molecule is CCCCn1nnnc1CSc1nnc(NC(C)C)s1. The van der Waals surface area contributed by atoms with Gasteiger partial charge in [0.25, 0.3) is 0 Å². The second-order valence-corrected chi connectivity index (χ2v) is 6.83. The van der Waals surface area contributed by atoms with E-state index < -0.39 is 0 Å². The van der Waals surface area contributed by atoms with E-state index in [9.17, 15) is 0 Å². The Morgan fingerprint density at radius 2 is 2.15 bits per heavy atom. The first-order valence-corrected chi connectivity index (χ1v) is 8.47. The molecule has 0 unspecified atom stereocenters. The van der Waals surface area contributed by atoms with E-state index >= 15 is 0 Å². The number of tetrazole rings is 1. The van der Waals surface area contributed by atoms with Crippen LogP contribution in [0.25, 0.3) is 0 Å². The Morgan fingerprint density at radius 3 is 2.90 bits per heavy atom. The standard InChI is InChI=1S/C11H19N7S2/c1-4-5-6-18-9(13-16-17-18)7-19-11-15-14-10(20-11)12-8(2)3/h8H,4-7H2,1-3H3,(H,12,14). The van der Waals surface area contributed by atoms with Gasteiger partial charge in [-0.2, -0.15) is 0 Å². The lowest BCUT2D eigenvalue weighted by Crippen LogP contribution is -2.08. The molecule has 0 saturated heterocycles. The van der Waals surface area contributed by atoms with Gasteiger partial charge in [-0.05, 0) is 30.7 Å². The number of hydrogen-bond donors (Lipinski definition) is 1. The molecule has 0 radical (unpaired) electrons. The highest BCUT2D eigenvalue weighted by Crippen LogP contribution is 2.27. The fraction of sp³-hybridized carbons (Fsp3) is 0.727. The highest BCUT2D eigenvalue weighted by atomic mass is 32.2. The molecule has 2 heterocycles. The molecule has 2 rings (SSSR count). The molecule has 110 valence electrons. The van der Waals surface area contributed by atoms with Crippen molar-refractivity contribution in [2.45, 2.75) is 56.3 Å². The van der Waals surface area contributed by atoms with Gasteiger partial charge in [-0.15, -0.1) is 15.3 Å². The Labute approximate surface area is 126 Å². The molecule has 9 heteroatoms. The van der Waals surface area contributed by atoms with E-state index in [-0.39, 0.29) is 0 Å². The summed E-state index contributed by atoms with van der Waals surface area (Å²) in [5.41, 5.74) is 0. The van der Waals surface area contributed by atoms with Crippen LogP contribution in [0.5, 0.6) is 0 Å². The smallest absolute Gasteiger partial charge is 0.206 e. The highest BCUT2D eigenvalue weighted by molar-refractivity contribution is 8.00. The van der Waals surface area contributed by atoms with Crippen LogP contribution >= 0.6 is 23.1 Å². The minimum absolute atomic E-state index is 0.363. The van der Waals surface area contributed by atoms with Crippen LogP contribution < -0.4 is 5.32 Å². The minimum Gasteiger partial charge on any atom is -0.358 e. The third kappa shape index (κ3) is 4.41. The summed E-state index contributed by atoms with van der Waals surface area (Å²) >= 11 is 3.17. The van der Waals surface area contributed by atoms with Crippen molar-refractivity contribution in [3.63, 3.8) is 0 Å². The minimum atomic E-state index is 0.363. The molecule has 1 N–H and O–H groups in total. The molecule has 0 saturated carbocycles. The number of aryl methyl sites for hydroxylation is 1. The van der Waals surface area contributed by atoms with E-state index in [1.54, 1.807) is 23.1 Å². The molecule has 20 heavy (non-hydrogen) atoms. The van der Waals surface area contributed by atoms with E-state index in [1.165, 1.54) is 0 Å². The molecule has 0 spiro atoms. The van der Waals surface area contributed by atoms with Gasteiger partial charge in [0, 0.05) is 12.6 Å². The number of nitrogens with one attached hydrogen (secondary N) is 1. The molecule has 2 aromatic heterocycles. The van der Waals surface area contributed by atoms with E-state index in [1.807, 2.05) is 4.68 Å². The Balaban J connectivity index is 1.88. The van der Waals surface area contributed by atoms with Crippen molar-refractivity contribution in [2.75, 3.05) is 5.32 Å². The summed E-state index contributed by atoms with van der Waals surface area (Å²) in [4.78, 5) is 0. The zero-order valence-corrected chi connectivity index (χ0v) is 13.5. The normalized spacial score (nSPS) is 11.2. The van der Waals surface area contributed by atoms with Crippen LogP contribution in [0.3, 0.4) is 0 Å². The van der Waals surface area contributed by atoms with Gasteiger partial charge in [-0.3, -0.25) is 0 Å². The van der Waals surface area contributed by atoms with Crippen molar-refractivity contribution in [1.82, 2.24) is 30.4 Å². The van der Waals surface area contributed by atoms with Crippen LogP contribution in [0.4, 0.5) is 5.13 Å². The molecule has 0 atom stereocenters. The molecule has 2 aromatic rings. The molecule has 0 amide bonds. The Morgan fingerprint density at radius 1 is 1.30 bits per heavy atom. The summed E-state index contributed by atoms with van der Waals surface area (Å²) in [5.74, 6) is 1.60. The van der Waals surface area contributed by atoms with Gasteiger partial charge < -0.3 is 5.32 Å². The number of aromatic nitrogens is 6. The van der Waals surface area contributed by atoms with Crippen LogP contribution in [0.15, 0.2) is 4.34 Å². The number of unbranched alkanes of at least 4 members (excludes halogenated alkanes) is 1. The van der Waals surface area contributed by atoms with E-state index in [0.717, 1.165) is 34.7 Å². The number of hydrogen-bond acceptors (Lipinski definition) is 8. The summed E-state index contributed by atoms with van der Waals surface area (Å²) in [5, 5.41) is 24.2. The van der Waals surface area contributed by atoms with Gasteiger partial charge in [0.2, 0.25) is 5.13 Å². The molecule has 0 aliphatic heterocycles.